The number of benzene rings is 2. The van der Waals surface area contributed by atoms with Crippen molar-refractivity contribution in [2.45, 2.75) is 27.0 Å². The number of anilines is 1. The lowest BCUT2D eigenvalue weighted by atomic mass is 10.1. The highest BCUT2D eigenvalue weighted by molar-refractivity contribution is 6.32. The lowest BCUT2D eigenvalue weighted by Crippen LogP contribution is -2.36. The lowest BCUT2D eigenvalue weighted by molar-refractivity contribution is 0.0335. The van der Waals surface area contributed by atoms with Gasteiger partial charge in [0.1, 0.15) is 23.8 Å². The van der Waals surface area contributed by atoms with Crippen LogP contribution in [0.3, 0.4) is 0 Å². The zero-order valence-corrected chi connectivity index (χ0v) is 24.1. The normalized spacial score (nSPS) is 13.9. The van der Waals surface area contributed by atoms with Crippen LogP contribution < -0.4 is 20.6 Å². The Balaban J connectivity index is 1.32. The molecule has 15 heteroatoms. The summed E-state index contributed by atoms with van der Waals surface area (Å²) in [5.74, 6) is 0.805. The molecule has 1 amide bonds. The van der Waals surface area contributed by atoms with Gasteiger partial charge < -0.3 is 19.9 Å². The minimum atomic E-state index is -0.563. The number of nitrogens with one attached hydrogen (secondary N) is 1. The van der Waals surface area contributed by atoms with Crippen molar-refractivity contribution < 1.29 is 23.6 Å². The summed E-state index contributed by atoms with van der Waals surface area (Å²) in [6.45, 7) is 7.06. The summed E-state index contributed by atoms with van der Waals surface area (Å²) in [4.78, 5) is 15.5. The van der Waals surface area contributed by atoms with E-state index < -0.39 is 5.91 Å². The van der Waals surface area contributed by atoms with E-state index in [1.54, 1.807) is 13.2 Å². The molecule has 0 atom stereocenters. The monoisotopic (exact) mass is 595 g/mol. The maximum atomic E-state index is 13.4. The van der Waals surface area contributed by atoms with Gasteiger partial charge in [0.2, 0.25) is 11.6 Å². The minimum absolute atomic E-state index is 0.0349. The maximum absolute atomic E-state index is 13.4. The van der Waals surface area contributed by atoms with Crippen molar-refractivity contribution in [3.8, 4) is 17.3 Å². The first-order chi connectivity index (χ1) is 20.3. The Hall–Kier alpha value is -4.53. The van der Waals surface area contributed by atoms with Crippen LogP contribution in [0.1, 0.15) is 38.4 Å². The van der Waals surface area contributed by atoms with Gasteiger partial charge in [-0.25, -0.2) is 10.1 Å². The number of aryl methyl sites for hydroxylation is 2. The SMILES string of the molecule is COc1ccc(/C=N\NC(=O)c2c(CN3CCOCC3)nnn2-c2nonc2N)cc1COc1cc(C)c(Cl)c(C)c1. The maximum Gasteiger partial charge on any atom is 0.292 e. The first-order valence-corrected chi connectivity index (χ1v) is 13.4. The van der Waals surface area contributed by atoms with Gasteiger partial charge in [-0.2, -0.15) is 9.78 Å². The van der Waals surface area contributed by atoms with Crippen molar-refractivity contribution in [3.63, 3.8) is 0 Å². The highest BCUT2D eigenvalue weighted by Gasteiger charge is 2.26. The third-order valence-electron chi connectivity index (χ3n) is 6.62. The smallest absolute Gasteiger partial charge is 0.292 e. The topological polar surface area (TPSA) is 168 Å². The van der Waals surface area contributed by atoms with Crippen LogP contribution in [0.25, 0.3) is 5.82 Å². The molecule has 0 aliphatic carbocycles. The van der Waals surface area contributed by atoms with Gasteiger partial charge in [-0.05, 0) is 71.2 Å². The molecule has 0 bridgehead atoms. The van der Waals surface area contributed by atoms with Gasteiger partial charge in [0.05, 0.1) is 26.5 Å². The number of methoxy groups -OCH3 is 1. The molecule has 5 rings (SSSR count). The molecular weight excluding hydrogens is 566 g/mol. The zero-order valence-electron chi connectivity index (χ0n) is 23.3. The second-order valence-electron chi connectivity index (χ2n) is 9.59. The number of rotatable bonds is 10. The lowest BCUT2D eigenvalue weighted by Gasteiger charge is -2.25. The number of hydrazone groups is 1. The number of hydrogen-bond donors (Lipinski definition) is 2. The second-order valence-corrected chi connectivity index (χ2v) is 9.97. The average Bonchev–Trinajstić information content (AvgIpc) is 3.60. The van der Waals surface area contributed by atoms with Crippen LogP contribution in [0.15, 0.2) is 40.1 Å². The van der Waals surface area contributed by atoms with Crippen molar-refractivity contribution in [3.05, 3.63) is 69.0 Å². The number of nitrogens with two attached hydrogens (primary N) is 1. The molecular formula is C27H30ClN9O5. The van der Waals surface area contributed by atoms with Crippen molar-refractivity contribution >= 4 is 29.5 Å². The second kappa shape index (κ2) is 13.0. The molecule has 14 nitrogen and oxygen atoms in total. The fourth-order valence-corrected chi connectivity index (χ4v) is 4.57. The third kappa shape index (κ3) is 6.51. The van der Waals surface area contributed by atoms with Gasteiger partial charge in [0.15, 0.2) is 5.69 Å². The van der Waals surface area contributed by atoms with Gasteiger partial charge >= 0.3 is 0 Å². The Morgan fingerprint density at radius 1 is 1.19 bits per heavy atom. The van der Waals surface area contributed by atoms with E-state index in [-0.39, 0.29) is 23.9 Å². The van der Waals surface area contributed by atoms with Crippen LogP contribution in [0.4, 0.5) is 5.82 Å². The number of aromatic nitrogens is 5. The van der Waals surface area contributed by atoms with Gasteiger partial charge in [-0.3, -0.25) is 9.69 Å². The Morgan fingerprint density at radius 3 is 2.64 bits per heavy atom. The molecule has 1 fully saturated rings. The summed E-state index contributed by atoms with van der Waals surface area (Å²) in [7, 11) is 1.59. The molecule has 3 N–H and O–H groups in total. The number of ether oxygens (including phenoxy) is 3. The zero-order chi connectivity index (χ0) is 29.6. The molecule has 4 aromatic rings. The molecule has 3 heterocycles. The quantitative estimate of drug-likeness (QED) is 0.204. The fraction of sp³-hybridized carbons (Fsp3) is 0.333. The average molecular weight is 596 g/mol. The standard InChI is InChI=1S/C27H30ClN9O5/c1-16-10-20(11-17(2)23(16)28)41-15-19-12-18(4-5-22(19)39-3)13-30-32-27(38)24-21(14-36-6-8-40-9-7-36)31-35-37(24)26-25(29)33-42-34-26/h4-5,10-13H,6-9,14-15H2,1-3H3,(H2,29,33)(H,32,38)/b30-13-. The number of carbonyl (C=O) groups excluding carboxylic acids is 1. The van der Waals surface area contributed by atoms with Crippen molar-refractivity contribution in [2.24, 2.45) is 5.10 Å². The predicted molar refractivity (Wildman–Crippen MR) is 153 cm³/mol. The summed E-state index contributed by atoms with van der Waals surface area (Å²) in [5, 5.41) is 20.5. The van der Waals surface area contributed by atoms with Gasteiger partial charge in [0, 0.05) is 30.2 Å². The van der Waals surface area contributed by atoms with E-state index in [9.17, 15) is 4.79 Å². The van der Waals surface area contributed by atoms with E-state index in [0.29, 0.717) is 60.6 Å². The molecule has 1 saturated heterocycles. The van der Waals surface area contributed by atoms with Crippen molar-refractivity contribution in [1.29, 1.82) is 0 Å². The summed E-state index contributed by atoms with van der Waals surface area (Å²) < 4.78 is 22.8. The Kier molecular flexibility index (Phi) is 8.95. The Labute approximate surface area is 246 Å². The van der Waals surface area contributed by atoms with Gasteiger partial charge in [-0.15, -0.1) is 5.10 Å². The van der Waals surface area contributed by atoms with Crippen LogP contribution in [0.5, 0.6) is 11.5 Å². The fourth-order valence-electron chi connectivity index (χ4n) is 4.46. The Bertz CT molecular complexity index is 1570. The van der Waals surface area contributed by atoms with Crippen LogP contribution in [-0.4, -0.2) is 75.7 Å². The van der Waals surface area contributed by atoms with Crippen molar-refractivity contribution in [1.82, 2.24) is 35.6 Å². The highest BCUT2D eigenvalue weighted by atomic mass is 35.5. The largest absolute Gasteiger partial charge is 0.496 e. The van der Waals surface area contributed by atoms with E-state index in [0.717, 1.165) is 16.7 Å². The summed E-state index contributed by atoms with van der Waals surface area (Å²) >= 11 is 6.28. The van der Waals surface area contributed by atoms with E-state index in [2.05, 4.69) is 36.1 Å². The highest BCUT2D eigenvalue weighted by Crippen LogP contribution is 2.28. The number of amides is 1. The number of nitrogens with zero attached hydrogens (tertiary/aromatic N) is 7. The van der Waals surface area contributed by atoms with Gasteiger partial charge in [-0.1, -0.05) is 16.8 Å². The van der Waals surface area contributed by atoms with E-state index in [1.165, 1.54) is 10.9 Å². The summed E-state index contributed by atoms with van der Waals surface area (Å²) in [6.07, 6.45) is 1.51. The third-order valence-corrected chi connectivity index (χ3v) is 7.21. The predicted octanol–water partition coefficient (Wildman–Crippen LogP) is 2.69. The first kappa shape index (κ1) is 29.0. The summed E-state index contributed by atoms with van der Waals surface area (Å²) in [6, 6.07) is 9.25. The van der Waals surface area contributed by atoms with Crippen LogP contribution in [0, 0.1) is 13.8 Å². The number of hydrogen-bond acceptors (Lipinski definition) is 12. The first-order valence-electron chi connectivity index (χ1n) is 13.1. The van der Waals surface area contributed by atoms with E-state index >= 15 is 0 Å². The van der Waals surface area contributed by atoms with Gasteiger partial charge in [0.25, 0.3) is 5.91 Å². The molecule has 1 aliphatic heterocycles. The van der Waals surface area contributed by atoms with E-state index in [1.807, 2.05) is 38.1 Å². The van der Waals surface area contributed by atoms with Crippen molar-refractivity contribution in [2.75, 3.05) is 39.1 Å². The number of nitrogen functional groups attached to an aromatic ring is 1. The molecule has 1 aliphatic rings. The minimum Gasteiger partial charge on any atom is -0.496 e. The Morgan fingerprint density at radius 2 is 1.95 bits per heavy atom. The summed E-state index contributed by atoms with van der Waals surface area (Å²) in [5.41, 5.74) is 12.3. The van der Waals surface area contributed by atoms with Crippen LogP contribution >= 0.6 is 11.6 Å². The molecule has 0 radical (unpaired) electrons. The number of halogens is 1. The molecule has 0 spiro atoms. The molecule has 2 aromatic carbocycles. The molecule has 42 heavy (non-hydrogen) atoms. The number of morpholine rings is 1. The van der Waals surface area contributed by atoms with E-state index in [4.69, 9.17) is 36.2 Å². The molecule has 220 valence electrons. The molecule has 0 unspecified atom stereocenters. The van der Waals surface area contributed by atoms with Crippen LogP contribution in [-0.2, 0) is 17.9 Å². The molecule has 2 aromatic heterocycles. The van der Waals surface area contributed by atoms with Crippen LogP contribution in [0.2, 0.25) is 5.02 Å². The molecule has 0 saturated carbocycles. The number of carbonyl (C=O) groups is 1.